The first-order valence-electron chi connectivity index (χ1n) is 10.8. The van der Waals surface area contributed by atoms with Gasteiger partial charge in [0.1, 0.15) is 5.82 Å². The number of benzene rings is 1. The van der Waals surface area contributed by atoms with E-state index in [9.17, 15) is 13.6 Å². The van der Waals surface area contributed by atoms with Crippen molar-refractivity contribution in [3.63, 3.8) is 0 Å². The maximum Gasteiger partial charge on any atom is 0.297 e. The third-order valence-corrected chi connectivity index (χ3v) is 6.00. The van der Waals surface area contributed by atoms with E-state index in [-0.39, 0.29) is 11.5 Å². The highest BCUT2D eigenvalue weighted by Crippen LogP contribution is 2.30. The van der Waals surface area contributed by atoms with Crippen molar-refractivity contribution in [1.29, 1.82) is 0 Å². The summed E-state index contributed by atoms with van der Waals surface area (Å²) in [4.78, 5) is 31.3. The third-order valence-electron chi connectivity index (χ3n) is 6.00. The maximum absolute atomic E-state index is 13.3. The van der Waals surface area contributed by atoms with Gasteiger partial charge in [0, 0.05) is 49.0 Å². The van der Waals surface area contributed by atoms with Crippen LogP contribution >= 0.6 is 0 Å². The van der Waals surface area contributed by atoms with Crippen LogP contribution < -0.4 is 10.5 Å². The van der Waals surface area contributed by atoms with Gasteiger partial charge in [-0.05, 0) is 43.0 Å². The van der Waals surface area contributed by atoms with E-state index in [0.717, 1.165) is 23.8 Å². The van der Waals surface area contributed by atoms with Crippen molar-refractivity contribution in [3.05, 3.63) is 77.4 Å². The summed E-state index contributed by atoms with van der Waals surface area (Å²) in [5.41, 5.74) is 1.82. The molecule has 0 amide bonds. The van der Waals surface area contributed by atoms with Crippen molar-refractivity contribution in [2.24, 2.45) is 5.92 Å². The molecular formula is C24H22F2N6O. The van der Waals surface area contributed by atoms with Crippen molar-refractivity contribution in [3.8, 4) is 11.3 Å². The van der Waals surface area contributed by atoms with Crippen molar-refractivity contribution in [2.45, 2.75) is 25.8 Å². The average molecular weight is 448 g/mol. The molecular weight excluding hydrogens is 426 g/mol. The van der Waals surface area contributed by atoms with Crippen molar-refractivity contribution in [1.82, 2.24) is 24.5 Å². The molecule has 5 rings (SSSR count). The second-order valence-corrected chi connectivity index (χ2v) is 8.16. The molecule has 1 aromatic carbocycles. The van der Waals surface area contributed by atoms with Crippen LogP contribution in [0.1, 0.15) is 25.1 Å². The molecule has 0 aliphatic carbocycles. The first-order valence-corrected chi connectivity index (χ1v) is 10.8. The highest BCUT2D eigenvalue weighted by Gasteiger charge is 2.24. The number of para-hydroxylation sites is 1. The van der Waals surface area contributed by atoms with E-state index in [0.29, 0.717) is 36.7 Å². The van der Waals surface area contributed by atoms with Gasteiger partial charge in [0.2, 0.25) is 0 Å². The standard InChI is InChI=1S/C24H22F2N6O/c25-22(26)23-29-19-6-2-1-5-18(19)24(30-23)31-10-7-16(8-11-31)14-32-15-28-20(12-21(32)33)17-4-3-9-27-13-17/h1-6,9,12-13,15-16,22H,7-8,10-11,14H2. The molecule has 0 saturated carbocycles. The van der Waals surface area contributed by atoms with E-state index in [4.69, 9.17) is 0 Å². The van der Waals surface area contributed by atoms with E-state index in [1.165, 1.54) is 6.07 Å². The molecule has 0 N–H and O–H groups in total. The van der Waals surface area contributed by atoms with E-state index in [2.05, 4.69) is 19.9 Å². The summed E-state index contributed by atoms with van der Waals surface area (Å²) < 4.78 is 28.3. The molecule has 4 heterocycles. The van der Waals surface area contributed by atoms with Gasteiger partial charge in [0.25, 0.3) is 12.0 Å². The molecule has 0 radical (unpaired) electrons. The Balaban J connectivity index is 1.30. The van der Waals surface area contributed by atoms with Gasteiger partial charge >= 0.3 is 0 Å². The lowest BCUT2D eigenvalue weighted by Crippen LogP contribution is -2.37. The number of hydrogen-bond donors (Lipinski definition) is 0. The van der Waals surface area contributed by atoms with Crippen LogP contribution in [0.2, 0.25) is 0 Å². The number of nitrogens with zero attached hydrogens (tertiary/aromatic N) is 6. The zero-order valence-corrected chi connectivity index (χ0v) is 17.8. The monoisotopic (exact) mass is 448 g/mol. The summed E-state index contributed by atoms with van der Waals surface area (Å²) in [6.45, 7) is 1.91. The Labute approximate surface area is 188 Å². The highest BCUT2D eigenvalue weighted by atomic mass is 19.3. The average Bonchev–Trinajstić information content (AvgIpc) is 2.85. The number of piperidine rings is 1. The van der Waals surface area contributed by atoms with Gasteiger partial charge in [0.05, 0.1) is 17.5 Å². The molecule has 4 aromatic rings. The second kappa shape index (κ2) is 9.01. The SMILES string of the molecule is O=c1cc(-c2cccnc2)ncn1CC1CCN(c2nc(C(F)F)nc3ccccc23)CC1. The molecule has 1 aliphatic heterocycles. The van der Waals surface area contributed by atoms with Crippen LogP contribution in [0.15, 0.2) is 66.0 Å². The Morgan fingerprint density at radius 2 is 1.88 bits per heavy atom. The number of halogens is 2. The number of pyridine rings is 1. The van der Waals surface area contributed by atoms with Gasteiger partial charge in [-0.2, -0.15) is 0 Å². The molecule has 0 unspecified atom stereocenters. The summed E-state index contributed by atoms with van der Waals surface area (Å²) in [5, 5.41) is 0.770. The minimum Gasteiger partial charge on any atom is -0.356 e. The van der Waals surface area contributed by atoms with Gasteiger partial charge < -0.3 is 4.90 Å². The van der Waals surface area contributed by atoms with E-state index in [1.54, 1.807) is 41.5 Å². The largest absolute Gasteiger partial charge is 0.356 e. The summed E-state index contributed by atoms with van der Waals surface area (Å²) in [6, 6.07) is 12.4. The first kappa shape index (κ1) is 21.1. The van der Waals surface area contributed by atoms with Crippen LogP contribution in [0.25, 0.3) is 22.2 Å². The zero-order valence-electron chi connectivity index (χ0n) is 17.8. The Hall–Kier alpha value is -3.75. The summed E-state index contributed by atoms with van der Waals surface area (Å²) in [5.74, 6) is 0.388. The number of hydrogen-bond acceptors (Lipinski definition) is 6. The van der Waals surface area contributed by atoms with E-state index < -0.39 is 12.2 Å². The van der Waals surface area contributed by atoms with Gasteiger partial charge in [-0.1, -0.05) is 12.1 Å². The number of alkyl halides is 2. The predicted molar refractivity (Wildman–Crippen MR) is 121 cm³/mol. The van der Waals surface area contributed by atoms with Crippen LogP contribution in [0.4, 0.5) is 14.6 Å². The minimum atomic E-state index is -2.72. The molecule has 33 heavy (non-hydrogen) atoms. The van der Waals surface area contributed by atoms with Gasteiger partial charge in [-0.3, -0.25) is 14.3 Å². The molecule has 9 heteroatoms. The fourth-order valence-electron chi connectivity index (χ4n) is 4.26. The molecule has 1 fully saturated rings. The Morgan fingerprint density at radius 1 is 1.06 bits per heavy atom. The number of aromatic nitrogens is 5. The Morgan fingerprint density at radius 3 is 2.61 bits per heavy atom. The molecule has 3 aromatic heterocycles. The smallest absolute Gasteiger partial charge is 0.297 e. The number of fused-ring (bicyclic) bond motifs is 1. The van der Waals surface area contributed by atoms with Crippen LogP contribution in [-0.2, 0) is 6.54 Å². The number of rotatable bonds is 5. The lowest BCUT2D eigenvalue weighted by molar-refractivity contribution is 0.141. The van der Waals surface area contributed by atoms with E-state index in [1.807, 2.05) is 23.1 Å². The van der Waals surface area contributed by atoms with Gasteiger partial charge in [-0.25, -0.2) is 23.7 Å². The molecule has 7 nitrogen and oxygen atoms in total. The quantitative estimate of drug-likeness (QED) is 0.458. The van der Waals surface area contributed by atoms with Crippen LogP contribution in [0, 0.1) is 5.92 Å². The molecule has 1 aliphatic rings. The summed E-state index contributed by atoms with van der Waals surface area (Å²) in [7, 11) is 0. The Kier molecular flexibility index (Phi) is 5.77. The highest BCUT2D eigenvalue weighted by molar-refractivity contribution is 5.89. The van der Waals surface area contributed by atoms with Crippen LogP contribution in [0.3, 0.4) is 0 Å². The number of anilines is 1. The van der Waals surface area contributed by atoms with Gasteiger partial charge in [0.15, 0.2) is 5.82 Å². The Bertz CT molecular complexity index is 1320. The normalized spacial score (nSPS) is 14.8. The predicted octanol–water partition coefficient (Wildman–Crippen LogP) is 4.10. The molecule has 1 saturated heterocycles. The van der Waals surface area contributed by atoms with Crippen molar-refractivity contribution in [2.75, 3.05) is 18.0 Å². The molecule has 0 bridgehead atoms. The maximum atomic E-state index is 13.3. The summed E-state index contributed by atoms with van der Waals surface area (Å²) in [6.07, 6.45) is 3.86. The topological polar surface area (TPSA) is 76.8 Å². The minimum absolute atomic E-state index is 0.102. The molecule has 0 spiro atoms. The summed E-state index contributed by atoms with van der Waals surface area (Å²) >= 11 is 0. The third kappa shape index (κ3) is 4.44. The van der Waals surface area contributed by atoms with Crippen LogP contribution in [-0.4, -0.2) is 37.6 Å². The van der Waals surface area contributed by atoms with Gasteiger partial charge in [-0.15, -0.1) is 0 Å². The second-order valence-electron chi connectivity index (χ2n) is 8.16. The van der Waals surface area contributed by atoms with Crippen molar-refractivity contribution < 1.29 is 8.78 Å². The fourth-order valence-corrected chi connectivity index (χ4v) is 4.26. The van der Waals surface area contributed by atoms with Crippen LogP contribution in [0.5, 0.6) is 0 Å². The zero-order chi connectivity index (χ0) is 22.8. The molecule has 168 valence electrons. The lowest BCUT2D eigenvalue weighted by atomic mass is 9.96. The first-order chi connectivity index (χ1) is 16.1. The van der Waals surface area contributed by atoms with Crippen molar-refractivity contribution >= 4 is 16.7 Å². The lowest BCUT2D eigenvalue weighted by Gasteiger charge is -2.33. The fraction of sp³-hybridized carbons (Fsp3) is 0.292. The molecule has 0 atom stereocenters. The van der Waals surface area contributed by atoms with E-state index >= 15 is 0 Å².